The number of H-pyrrole nitrogens is 1. The van der Waals surface area contributed by atoms with E-state index in [0.29, 0.717) is 22.4 Å². The van der Waals surface area contributed by atoms with Crippen LogP contribution in [0.3, 0.4) is 0 Å². The van der Waals surface area contributed by atoms with E-state index in [1.165, 1.54) is 17.5 Å². The second-order valence-corrected chi connectivity index (χ2v) is 7.84. The van der Waals surface area contributed by atoms with Crippen molar-refractivity contribution in [3.63, 3.8) is 0 Å². The summed E-state index contributed by atoms with van der Waals surface area (Å²) in [5, 5.41) is 18.8. The standard InChI is InChI=1S/C19H20N8O2S/c1-10-3-4-13-12(8-22-25-13)17(10)24-18(29)14-9-21-19(30-14)23-16-7-11(2)27(26-16)6-5-15(20)28/h3-4,7-9H,5-6H2,1-2H3,(H2,20,28)(H,22,25)(H,24,29)(H,21,23,26). The molecule has 2 amide bonds. The van der Waals surface area contributed by atoms with Gasteiger partial charge in [-0.25, -0.2) is 4.98 Å². The maximum atomic E-state index is 12.7. The lowest BCUT2D eigenvalue weighted by Crippen LogP contribution is -2.15. The highest BCUT2D eigenvalue weighted by Crippen LogP contribution is 2.28. The molecule has 0 aliphatic carbocycles. The van der Waals surface area contributed by atoms with E-state index in [1.807, 2.05) is 32.0 Å². The number of rotatable bonds is 7. The minimum Gasteiger partial charge on any atom is -0.370 e. The minimum absolute atomic E-state index is 0.215. The molecule has 11 heteroatoms. The number of nitrogens with zero attached hydrogens (tertiary/aromatic N) is 4. The summed E-state index contributed by atoms with van der Waals surface area (Å²) in [7, 11) is 0. The van der Waals surface area contributed by atoms with E-state index in [-0.39, 0.29) is 18.2 Å². The number of hydrogen-bond donors (Lipinski definition) is 4. The van der Waals surface area contributed by atoms with Crippen molar-refractivity contribution in [1.82, 2.24) is 25.0 Å². The summed E-state index contributed by atoms with van der Waals surface area (Å²) in [4.78, 5) is 28.4. The number of thiazole rings is 1. The van der Waals surface area contributed by atoms with Crippen molar-refractivity contribution in [3.05, 3.63) is 46.7 Å². The molecule has 3 aromatic heterocycles. The maximum absolute atomic E-state index is 12.7. The molecule has 30 heavy (non-hydrogen) atoms. The van der Waals surface area contributed by atoms with Crippen LogP contribution < -0.4 is 16.4 Å². The lowest BCUT2D eigenvalue weighted by atomic mass is 10.1. The number of amides is 2. The molecule has 5 N–H and O–H groups in total. The lowest BCUT2D eigenvalue weighted by Gasteiger charge is -2.08. The van der Waals surface area contributed by atoms with E-state index in [0.717, 1.165) is 27.8 Å². The molecule has 0 unspecified atom stereocenters. The highest BCUT2D eigenvalue weighted by atomic mass is 32.1. The molecule has 0 aliphatic rings. The molecule has 0 saturated heterocycles. The van der Waals surface area contributed by atoms with E-state index >= 15 is 0 Å². The van der Waals surface area contributed by atoms with E-state index in [1.54, 1.807) is 10.9 Å². The Morgan fingerprint density at radius 3 is 2.90 bits per heavy atom. The molecular formula is C19H20N8O2S. The van der Waals surface area contributed by atoms with Gasteiger partial charge in [-0.15, -0.1) is 0 Å². The molecule has 0 bridgehead atoms. The van der Waals surface area contributed by atoms with Gasteiger partial charge in [0.05, 0.1) is 30.1 Å². The summed E-state index contributed by atoms with van der Waals surface area (Å²) in [6.45, 7) is 4.23. The number of fused-ring (bicyclic) bond motifs is 1. The number of carbonyl (C=O) groups excluding carboxylic acids is 2. The van der Waals surface area contributed by atoms with Gasteiger partial charge in [-0.1, -0.05) is 17.4 Å². The van der Waals surface area contributed by atoms with Crippen LogP contribution in [0.15, 0.2) is 30.6 Å². The van der Waals surface area contributed by atoms with Gasteiger partial charge < -0.3 is 16.4 Å². The van der Waals surface area contributed by atoms with Gasteiger partial charge in [0.2, 0.25) is 5.91 Å². The minimum atomic E-state index is -0.378. The Morgan fingerprint density at radius 1 is 1.27 bits per heavy atom. The highest BCUT2D eigenvalue weighted by molar-refractivity contribution is 7.17. The number of nitrogens with one attached hydrogen (secondary N) is 3. The number of primary amides is 1. The fraction of sp³-hybridized carbons (Fsp3) is 0.211. The quantitative estimate of drug-likeness (QED) is 0.359. The number of hydrogen-bond acceptors (Lipinski definition) is 7. The molecule has 0 atom stereocenters. The smallest absolute Gasteiger partial charge is 0.267 e. The van der Waals surface area contributed by atoms with E-state index < -0.39 is 0 Å². The maximum Gasteiger partial charge on any atom is 0.267 e. The second-order valence-electron chi connectivity index (χ2n) is 6.81. The SMILES string of the molecule is Cc1ccc2[nH]ncc2c1NC(=O)c1cnc(Nc2cc(C)n(CCC(N)=O)n2)s1. The van der Waals surface area contributed by atoms with Crippen LogP contribution in [0.5, 0.6) is 0 Å². The molecule has 154 valence electrons. The van der Waals surface area contributed by atoms with Crippen molar-refractivity contribution in [2.45, 2.75) is 26.8 Å². The van der Waals surface area contributed by atoms with Crippen LogP contribution >= 0.6 is 11.3 Å². The molecule has 10 nitrogen and oxygen atoms in total. The molecule has 3 heterocycles. The molecule has 0 saturated carbocycles. The van der Waals surface area contributed by atoms with E-state index in [2.05, 4.69) is 30.9 Å². The first-order valence-electron chi connectivity index (χ1n) is 9.20. The van der Waals surface area contributed by atoms with Gasteiger partial charge in [-0.05, 0) is 25.5 Å². The van der Waals surface area contributed by atoms with E-state index in [4.69, 9.17) is 5.73 Å². The predicted molar refractivity (Wildman–Crippen MR) is 115 cm³/mol. The third kappa shape index (κ3) is 4.01. The molecule has 4 aromatic rings. The van der Waals surface area contributed by atoms with Crippen molar-refractivity contribution in [3.8, 4) is 0 Å². The Morgan fingerprint density at radius 2 is 2.10 bits per heavy atom. The zero-order valence-corrected chi connectivity index (χ0v) is 17.2. The summed E-state index contributed by atoms with van der Waals surface area (Å²) in [6.07, 6.45) is 3.42. The lowest BCUT2D eigenvalue weighted by molar-refractivity contribution is -0.118. The van der Waals surface area contributed by atoms with Crippen LogP contribution in [0.4, 0.5) is 16.6 Å². The van der Waals surface area contributed by atoms with Gasteiger partial charge in [-0.3, -0.25) is 19.4 Å². The summed E-state index contributed by atoms with van der Waals surface area (Å²) in [5.41, 5.74) is 8.59. The van der Waals surface area contributed by atoms with Crippen molar-refractivity contribution in [2.75, 3.05) is 10.6 Å². The average Bonchev–Trinajstić information content (AvgIpc) is 3.42. The van der Waals surface area contributed by atoms with Gasteiger partial charge in [0.15, 0.2) is 10.9 Å². The number of aryl methyl sites for hydroxylation is 3. The summed E-state index contributed by atoms with van der Waals surface area (Å²) >= 11 is 1.22. The number of benzene rings is 1. The molecular weight excluding hydrogens is 404 g/mol. The summed E-state index contributed by atoms with van der Waals surface area (Å²) in [5.74, 6) is -0.0471. The van der Waals surface area contributed by atoms with E-state index in [9.17, 15) is 9.59 Å². The molecule has 4 rings (SSSR count). The molecule has 0 spiro atoms. The van der Waals surface area contributed by atoms with Crippen LogP contribution in [-0.4, -0.2) is 36.8 Å². The second kappa shape index (κ2) is 7.95. The predicted octanol–water partition coefficient (Wildman–Crippen LogP) is 2.70. The van der Waals surface area contributed by atoms with Crippen LogP contribution in [0.2, 0.25) is 0 Å². The first-order chi connectivity index (χ1) is 14.4. The van der Waals surface area contributed by atoms with Gasteiger partial charge in [0.1, 0.15) is 4.88 Å². The Kier molecular flexibility index (Phi) is 5.19. The zero-order chi connectivity index (χ0) is 21.3. The number of anilines is 3. The fourth-order valence-corrected chi connectivity index (χ4v) is 3.75. The van der Waals surface area contributed by atoms with Crippen LogP contribution in [0.25, 0.3) is 10.9 Å². The first-order valence-corrected chi connectivity index (χ1v) is 10.0. The molecule has 0 aliphatic heterocycles. The molecule has 0 fully saturated rings. The highest BCUT2D eigenvalue weighted by Gasteiger charge is 2.15. The molecule has 1 aromatic carbocycles. The van der Waals surface area contributed by atoms with Gasteiger partial charge >= 0.3 is 0 Å². The Balaban J connectivity index is 1.47. The monoisotopic (exact) mass is 424 g/mol. The zero-order valence-electron chi connectivity index (χ0n) is 16.4. The van der Waals surface area contributed by atoms with Crippen LogP contribution in [0, 0.1) is 13.8 Å². The Hall–Kier alpha value is -3.73. The van der Waals surface area contributed by atoms with Crippen molar-refractivity contribution < 1.29 is 9.59 Å². The number of carbonyl (C=O) groups is 2. The largest absolute Gasteiger partial charge is 0.370 e. The van der Waals surface area contributed by atoms with Gasteiger partial charge in [-0.2, -0.15) is 10.2 Å². The fourth-order valence-electron chi connectivity index (χ4n) is 3.03. The van der Waals surface area contributed by atoms with Crippen LogP contribution in [0.1, 0.15) is 27.3 Å². The number of aromatic nitrogens is 5. The topological polar surface area (TPSA) is 144 Å². The van der Waals surface area contributed by atoms with Crippen molar-refractivity contribution in [1.29, 1.82) is 0 Å². The van der Waals surface area contributed by atoms with Crippen molar-refractivity contribution >= 4 is 50.7 Å². The molecule has 0 radical (unpaired) electrons. The third-order valence-corrected chi connectivity index (χ3v) is 5.50. The number of aromatic amines is 1. The van der Waals surface area contributed by atoms with Crippen molar-refractivity contribution in [2.24, 2.45) is 5.73 Å². The number of nitrogens with two attached hydrogens (primary N) is 1. The van der Waals surface area contributed by atoms with Gasteiger partial charge in [0.25, 0.3) is 5.91 Å². The Labute approximate surface area is 175 Å². The normalized spacial score (nSPS) is 11.0. The first kappa shape index (κ1) is 19.6. The van der Waals surface area contributed by atoms with Crippen LogP contribution in [-0.2, 0) is 11.3 Å². The average molecular weight is 424 g/mol. The summed E-state index contributed by atoms with van der Waals surface area (Å²) in [6, 6.07) is 5.68. The third-order valence-electron chi connectivity index (χ3n) is 4.59. The van der Waals surface area contributed by atoms with Gasteiger partial charge in [0, 0.05) is 23.6 Å². The Bertz CT molecular complexity index is 1240. The summed E-state index contributed by atoms with van der Waals surface area (Å²) < 4.78 is 1.70.